The van der Waals surface area contributed by atoms with Crippen LogP contribution in [0.5, 0.6) is 0 Å². The molecule has 0 N–H and O–H groups in total. The molecule has 0 spiro atoms. The van der Waals surface area contributed by atoms with Crippen molar-refractivity contribution in [2.45, 2.75) is 102 Å². The summed E-state index contributed by atoms with van der Waals surface area (Å²) in [6.07, 6.45) is 4.98. The van der Waals surface area contributed by atoms with E-state index in [1.807, 2.05) is 0 Å². The van der Waals surface area contributed by atoms with Crippen LogP contribution >= 0.6 is 0 Å². The number of likely N-dealkylation sites (tertiary alicyclic amines) is 1. The molecule has 0 saturated carbocycles. The number of hydrogen-bond acceptors (Lipinski definition) is 4. The number of hydrogen-bond donors (Lipinski definition) is 0. The van der Waals surface area contributed by atoms with Crippen molar-refractivity contribution in [2.24, 2.45) is 0 Å². The minimum atomic E-state index is -1.07. The molecule has 0 atom stereocenters. The average Bonchev–Trinajstić information content (AvgIpc) is 2.38. The van der Waals surface area contributed by atoms with E-state index in [0.29, 0.717) is 11.8 Å². The summed E-state index contributed by atoms with van der Waals surface area (Å²) in [4.78, 5) is 14.6. The van der Waals surface area contributed by atoms with Crippen molar-refractivity contribution in [1.29, 1.82) is 0 Å². The van der Waals surface area contributed by atoms with Gasteiger partial charge in [-0.1, -0.05) is 6.92 Å². The van der Waals surface area contributed by atoms with E-state index < -0.39 is 13.6 Å². The van der Waals surface area contributed by atoms with Gasteiger partial charge in [0.15, 0.2) is 0 Å². The van der Waals surface area contributed by atoms with Crippen LogP contribution in [0.4, 0.5) is 0 Å². The van der Waals surface area contributed by atoms with Gasteiger partial charge in [-0.15, -0.1) is 0 Å². The second-order valence-corrected chi connectivity index (χ2v) is 9.87. The number of piperidine rings is 1. The monoisotopic (exact) mass is 372 g/mol. The molecule has 1 heterocycles. The molecule has 1 aliphatic rings. The van der Waals surface area contributed by atoms with Crippen LogP contribution in [0.25, 0.3) is 0 Å². The molecule has 23 heavy (non-hydrogen) atoms. The molecule has 1 fully saturated rings. The minimum absolute atomic E-state index is 0.00302. The Hall–Kier alpha value is -0.264. The molecule has 0 radical (unpaired) electrons. The van der Waals surface area contributed by atoms with E-state index in [0.717, 1.165) is 38.6 Å². The van der Waals surface area contributed by atoms with Gasteiger partial charge in [-0.3, -0.25) is 0 Å². The van der Waals surface area contributed by atoms with Crippen LogP contribution in [0.3, 0.4) is 0 Å². The molecule has 1 rings (SSSR count). The van der Waals surface area contributed by atoms with Gasteiger partial charge in [-0.05, 0) is 0 Å². The quantitative estimate of drug-likeness (QED) is 0.463. The maximum absolute atomic E-state index is 12.1. The summed E-state index contributed by atoms with van der Waals surface area (Å²) in [5, 5.41) is 0.704. The maximum atomic E-state index is 12.1. The fourth-order valence-corrected chi connectivity index (χ4v) is 4.68. The first-order valence-corrected chi connectivity index (χ1v) is 10.9. The average molecular weight is 372 g/mol. The zero-order valence-electron chi connectivity index (χ0n) is 15.7. The van der Waals surface area contributed by atoms with E-state index in [-0.39, 0.29) is 23.2 Å². The van der Waals surface area contributed by atoms with Gasteiger partial charge >= 0.3 is 139 Å². The van der Waals surface area contributed by atoms with Crippen LogP contribution in [-0.4, -0.2) is 34.6 Å². The normalized spacial score (nSPS) is 21.9. The van der Waals surface area contributed by atoms with Crippen molar-refractivity contribution >= 4 is 5.97 Å². The first-order valence-electron chi connectivity index (χ1n) is 8.70. The number of carbonyl (C=O) groups excluding carboxylic acids is 1. The van der Waals surface area contributed by atoms with Crippen molar-refractivity contribution in [3.8, 4) is 0 Å². The van der Waals surface area contributed by atoms with Crippen LogP contribution in [-0.2, 0) is 27.0 Å². The molecule has 0 amide bonds. The molecular formula is C18H35CoNO3. The third-order valence-electron chi connectivity index (χ3n) is 4.64. The van der Waals surface area contributed by atoms with E-state index in [2.05, 4.69) is 39.5 Å². The van der Waals surface area contributed by atoms with E-state index in [4.69, 9.17) is 4.74 Å². The van der Waals surface area contributed by atoms with Gasteiger partial charge in [-0.25, -0.2) is 0 Å². The predicted octanol–water partition coefficient (Wildman–Crippen LogP) is 4.56. The van der Waals surface area contributed by atoms with Crippen LogP contribution < -0.4 is 0 Å². The van der Waals surface area contributed by atoms with Gasteiger partial charge in [0.25, 0.3) is 0 Å². The Bertz CT molecular complexity index is 402. The van der Waals surface area contributed by atoms with Crippen molar-refractivity contribution < 1.29 is 27.0 Å². The Labute approximate surface area is 146 Å². The molecule has 5 heteroatoms. The summed E-state index contributed by atoms with van der Waals surface area (Å²) in [6, 6.07) is 0. The standard InChI is InChI=1S/C17H32NO2.CH3.Co.O/c1-7-9-10-15(19)20-14-12-16(3,4)18(11-8-2)17(5,6)13-14;;;/h14H,1,7-13H2,2-6H3;1H3;;. The molecule has 0 bridgehead atoms. The number of unbranched alkanes of at least 4 members (excludes halogenated alkanes) is 1. The topological polar surface area (TPSA) is 46.6 Å². The molecule has 1 aliphatic heterocycles. The zero-order chi connectivity index (χ0) is 17.7. The van der Waals surface area contributed by atoms with Crippen LogP contribution in [0.15, 0.2) is 0 Å². The molecule has 0 aliphatic carbocycles. The van der Waals surface area contributed by atoms with Gasteiger partial charge in [-0.2, -0.15) is 0 Å². The van der Waals surface area contributed by atoms with Gasteiger partial charge in [0.2, 0.25) is 0 Å². The summed E-state index contributed by atoms with van der Waals surface area (Å²) in [5.41, 5.74) is 0.0897. The molecule has 0 aromatic rings. The van der Waals surface area contributed by atoms with Gasteiger partial charge in [0.1, 0.15) is 0 Å². The number of ether oxygens (including phenoxy) is 1. The Balaban J connectivity index is 2.52. The molecule has 0 aromatic carbocycles. The van der Waals surface area contributed by atoms with Crippen LogP contribution in [0.1, 0.15) is 73.1 Å². The van der Waals surface area contributed by atoms with Crippen molar-refractivity contribution in [3.63, 3.8) is 0 Å². The van der Waals surface area contributed by atoms with E-state index in [1.54, 1.807) is 5.86 Å². The number of esters is 1. The summed E-state index contributed by atoms with van der Waals surface area (Å²) in [6.45, 7) is 12.3. The fraction of sp³-hybridized carbons (Fsp3) is 0.944. The predicted molar refractivity (Wildman–Crippen MR) is 89.5 cm³/mol. The summed E-state index contributed by atoms with van der Waals surface area (Å²) in [5.74, 6) is 1.64. The Morgan fingerprint density at radius 1 is 1.17 bits per heavy atom. The second kappa shape index (κ2) is 8.72. The Kier molecular flexibility index (Phi) is 7.88. The Morgan fingerprint density at radius 2 is 1.74 bits per heavy atom. The number of carbonyl (C=O) groups is 1. The van der Waals surface area contributed by atoms with E-state index >= 15 is 0 Å². The third-order valence-corrected chi connectivity index (χ3v) is 5.75. The molecule has 0 unspecified atom stereocenters. The van der Waals surface area contributed by atoms with Crippen molar-refractivity contribution in [1.82, 2.24) is 4.90 Å². The number of nitrogens with zero attached hydrogens (tertiary/aromatic N) is 1. The summed E-state index contributed by atoms with van der Waals surface area (Å²) >= 11 is -1.07. The van der Waals surface area contributed by atoms with Gasteiger partial charge < -0.3 is 0 Å². The fourth-order valence-electron chi connectivity index (χ4n) is 3.90. The van der Waals surface area contributed by atoms with Crippen LogP contribution in [0.2, 0.25) is 11.2 Å². The van der Waals surface area contributed by atoms with E-state index in [9.17, 15) is 8.66 Å². The molecule has 0 aromatic heterocycles. The first-order chi connectivity index (χ1) is 10.6. The molecule has 1 saturated heterocycles. The molecular weight excluding hydrogens is 337 g/mol. The zero-order valence-corrected chi connectivity index (χ0v) is 16.8. The summed E-state index contributed by atoms with van der Waals surface area (Å²) in [7, 11) is 0. The molecule has 139 valence electrons. The first kappa shape index (κ1) is 20.8. The molecule has 4 nitrogen and oxygen atoms in total. The van der Waals surface area contributed by atoms with Gasteiger partial charge in [0, 0.05) is 0 Å². The van der Waals surface area contributed by atoms with Crippen molar-refractivity contribution in [3.05, 3.63) is 0 Å². The van der Waals surface area contributed by atoms with Crippen molar-refractivity contribution in [2.75, 3.05) is 6.54 Å². The SMILES string of the molecule is CCCN1C(C)(C)CC(OC(=O)CCC[CH2][Co]([CH3])=[O])CC1(C)C. The third kappa shape index (κ3) is 6.63. The van der Waals surface area contributed by atoms with Gasteiger partial charge in [0.05, 0.1) is 0 Å². The Morgan fingerprint density at radius 3 is 2.22 bits per heavy atom. The summed E-state index contributed by atoms with van der Waals surface area (Å²) < 4.78 is 16.8. The van der Waals surface area contributed by atoms with E-state index in [1.165, 1.54) is 0 Å². The number of rotatable bonds is 8. The van der Waals surface area contributed by atoms with Crippen LogP contribution in [0, 0.1) is 0 Å². The second-order valence-electron chi connectivity index (χ2n) is 7.89.